The normalized spacial score (nSPS) is 15.2. The molecular formula is C43H72N4O17. The van der Waals surface area contributed by atoms with Crippen LogP contribution in [0.25, 0.3) is 0 Å². The first-order valence-electron chi connectivity index (χ1n) is 22.1. The van der Waals surface area contributed by atoms with Gasteiger partial charge in [-0.05, 0) is 32.6 Å². The fourth-order valence-electron chi connectivity index (χ4n) is 5.91. The van der Waals surface area contributed by atoms with Gasteiger partial charge >= 0.3 is 0 Å². The van der Waals surface area contributed by atoms with Crippen molar-refractivity contribution >= 4 is 29.3 Å². The molecule has 2 heterocycles. The number of anilines is 1. The van der Waals surface area contributed by atoms with Gasteiger partial charge in [-0.25, -0.2) is 0 Å². The molecule has 64 heavy (non-hydrogen) atoms. The van der Waals surface area contributed by atoms with E-state index in [0.717, 1.165) is 11.4 Å². The number of carbonyl (C=O) groups excluding carboxylic acids is 4. The van der Waals surface area contributed by atoms with E-state index in [2.05, 4.69) is 15.5 Å². The number of nitrogens with zero attached hydrogens (tertiary/aromatic N) is 2. The van der Waals surface area contributed by atoms with E-state index in [0.29, 0.717) is 184 Å². The number of benzene rings is 1. The van der Waals surface area contributed by atoms with Crippen molar-refractivity contribution in [2.75, 3.05) is 204 Å². The number of likely N-dealkylation sites (N-methyl/N-ethyl adjacent to an activating group) is 1. The molecule has 1 unspecified atom stereocenters. The third kappa shape index (κ3) is 24.9. The topological polar surface area (TPSA) is 219 Å². The van der Waals surface area contributed by atoms with Gasteiger partial charge in [0, 0.05) is 25.2 Å². The van der Waals surface area contributed by atoms with E-state index in [1.54, 1.807) is 18.2 Å². The Morgan fingerprint density at radius 2 is 0.875 bits per heavy atom. The monoisotopic (exact) mass is 916 g/mol. The Morgan fingerprint density at radius 1 is 0.516 bits per heavy atom. The van der Waals surface area contributed by atoms with Crippen molar-refractivity contribution in [2.24, 2.45) is 0 Å². The molecule has 2 N–H and O–H groups in total. The van der Waals surface area contributed by atoms with Crippen LogP contribution >= 0.6 is 0 Å². The number of piperidine rings is 1. The van der Waals surface area contributed by atoms with E-state index in [1.807, 2.05) is 14.1 Å². The number of imide groups is 2. The van der Waals surface area contributed by atoms with Crippen molar-refractivity contribution in [2.45, 2.75) is 18.9 Å². The van der Waals surface area contributed by atoms with Crippen LogP contribution < -0.4 is 10.6 Å². The van der Waals surface area contributed by atoms with Gasteiger partial charge in [0.25, 0.3) is 11.8 Å². The van der Waals surface area contributed by atoms with Crippen LogP contribution in [0.5, 0.6) is 0 Å². The molecule has 2 aliphatic rings. The summed E-state index contributed by atoms with van der Waals surface area (Å²) in [7, 11) is 4.03. The molecule has 0 aliphatic carbocycles. The zero-order valence-corrected chi connectivity index (χ0v) is 37.9. The van der Waals surface area contributed by atoms with E-state index < -0.39 is 29.7 Å². The molecule has 0 aromatic heterocycles. The van der Waals surface area contributed by atoms with Crippen molar-refractivity contribution in [3.63, 3.8) is 0 Å². The minimum atomic E-state index is -1.01. The molecule has 0 radical (unpaired) electrons. The average Bonchev–Trinajstić information content (AvgIpc) is 3.54. The zero-order chi connectivity index (χ0) is 45.7. The summed E-state index contributed by atoms with van der Waals surface area (Å²) in [6.45, 7) is 13.8. The van der Waals surface area contributed by atoms with E-state index in [1.165, 1.54) is 0 Å². The molecule has 4 amide bonds. The first-order chi connectivity index (χ1) is 31.4. The molecule has 1 aromatic carbocycles. The van der Waals surface area contributed by atoms with Gasteiger partial charge in [0.15, 0.2) is 0 Å². The lowest BCUT2D eigenvalue weighted by Crippen LogP contribution is -2.54. The third-order valence-electron chi connectivity index (χ3n) is 9.18. The number of hydrogen-bond acceptors (Lipinski definition) is 19. The van der Waals surface area contributed by atoms with Crippen LogP contribution in [0.2, 0.25) is 0 Å². The highest BCUT2D eigenvalue weighted by atomic mass is 16.6. The summed E-state index contributed by atoms with van der Waals surface area (Å²) in [5.74, 6) is -2.17. The number of hydrogen-bond donors (Lipinski definition) is 2. The summed E-state index contributed by atoms with van der Waals surface area (Å²) < 4.78 is 71.5. The largest absolute Gasteiger partial charge is 0.382 e. The molecule has 0 saturated carbocycles. The molecule has 0 bridgehead atoms. The number of nitrogens with one attached hydrogen (secondary N) is 2. The molecule has 1 saturated heterocycles. The Balaban J connectivity index is 0.954. The van der Waals surface area contributed by atoms with E-state index in [-0.39, 0.29) is 24.0 Å². The Bertz CT molecular complexity index is 1410. The first-order valence-corrected chi connectivity index (χ1v) is 22.1. The average molecular weight is 917 g/mol. The number of fused-ring (bicyclic) bond motifs is 1. The van der Waals surface area contributed by atoms with Gasteiger partial charge < -0.3 is 71.8 Å². The van der Waals surface area contributed by atoms with Crippen LogP contribution in [0, 0.1) is 0 Å². The van der Waals surface area contributed by atoms with Gasteiger partial charge in [-0.1, -0.05) is 6.07 Å². The van der Waals surface area contributed by atoms with Gasteiger partial charge in [0.2, 0.25) is 11.8 Å². The molecule has 1 fully saturated rings. The zero-order valence-electron chi connectivity index (χ0n) is 37.9. The van der Waals surface area contributed by atoms with Crippen LogP contribution in [0.1, 0.15) is 33.6 Å². The fraction of sp³-hybridized carbons (Fsp3) is 0.767. The van der Waals surface area contributed by atoms with Crippen molar-refractivity contribution in [1.82, 2.24) is 15.1 Å². The molecular weight excluding hydrogens is 844 g/mol. The number of ether oxygens (including phenoxy) is 13. The van der Waals surface area contributed by atoms with Crippen LogP contribution in [0.3, 0.4) is 0 Å². The van der Waals surface area contributed by atoms with Crippen LogP contribution in [0.15, 0.2) is 18.2 Å². The number of amides is 4. The summed E-state index contributed by atoms with van der Waals surface area (Å²) in [5.41, 5.74) is 0.902. The first kappa shape index (κ1) is 55.1. The summed E-state index contributed by atoms with van der Waals surface area (Å²) in [4.78, 5) is 53.0. The summed E-state index contributed by atoms with van der Waals surface area (Å²) in [6, 6.07) is 3.90. The highest BCUT2D eigenvalue weighted by Gasteiger charge is 2.45. The Labute approximate surface area is 377 Å². The second-order valence-electron chi connectivity index (χ2n) is 14.4. The highest BCUT2D eigenvalue weighted by molar-refractivity contribution is 6.25. The van der Waals surface area contributed by atoms with Gasteiger partial charge in [0.05, 0.1) is 183 Å². The predicted octanol–water partition coefficient (Wildman–Crippen LogP) is 0.277. The summed E-state index contributed by atoms with van der Waals surface area (Å²) in [5, 5.41) is 5.33. The van der Waals surface area contributed by atoms with E-state index in [9.17, 15) is 19.2 Å². The van der Waals surface area contributed by atoms with Gasteiger partial charge in [-0.15, -0.1) is 0 Å². The molecule has 21 nitrogen and oxygen atoms in total. The lowest BCUT2D eigenvalue weighted by atomic mass is 10.0. The molecule has 21 heteroatoms. The quantitative estimate of drug-likeness (QED) is 0.0664. The second kappa shape index (κ2) is 36.9. The SMILES string of the molecule is CN(C)CCOCCOCCOCCOCCOCCOCCOCCOCCOCCOCCOCCOCCOCCNc1cccc2c1C(=O)N(C1CCC(=O)NC1=O)C2=O. The maximum atomic E-state index is 13.2. The number of carbonyl (C=O) groups is 4. The van der Waals surface area contributed by atoms with Gasteiger partial charge in [0.1, 0.15) is 6.04 Å². The minimum absolute atomic E-state index is 0.0635. The lowest BCUT2D eigenvalue weighted by molar-refractivity contribution is -0.136. The van der Waals surface area contributed by atoms with Crippen LogP contribution in [-0.4, -0.2) is 238 Å². The standard InChI is InChI=1S/C43H72N4O17/c1-46(2)9-11-53-13-15-55-17-19-57-21-23-59-25-27-61-29-31-63-33-35-64-34-32-62-30-28-60-26-24-58-22-20-56-18-16-54-14-12-52-10-8-44-37-5-3-4-36-40(37)43(51)47(42(36)50)38-6-7-39(48)45-41(38)49/h3-5,38,44H,6-35H2,1-2H3,(H,45,48,49). The van der Waals surface area contributed by atoms with Crippen LogP contribution in [-0.2, 0) is 71.2 Å². The van der Waals surface area contributed by atoms with Crippen molar-refractivity contribution in [1.29, 1.82) is 0 Å². The third-order valence-corrected chi connectivity index (χ3v) is 9.18. The molecule has 366 valence electrons. The van der Waals surface area contributed by atoms with E-state index in [4.69, 9.17) is 61.6 Å². The fourth-order valence-corrected chi connectivity index (χ4v) is 5.91. The highest BCUT2D eigenvalue weighted by Crippen LogP contribution is 2.32. The molecule has 2 aliphatic heterocycles. The van der Waals surface area contributed by atoms with E-state index >= 15 is 0 Å². The maximum absolute atomic E-state index is 13.2. The Morgan fingerprint density at radius 3 is 1.23 bits per heavy atom. The summed E-state index contributed by atoms with van der Waals surface area (Å²) in [6.07, 6.45) is 0.165. The van der Waals surface area contributed by atoms with Gasteiger partial charge in [-0.3, -0.25) is 29.4 Å². The van der Waals surface area contributed by atoms with Gasteiger partial charge in [-0.2, -0.15) is 0 Å². The van der Waals surface area contributed by atoms with Crippen molar-refractivity contribution < 1.29 is 80.8 Å². The molecule has 0 spiro atoms. The minimum Gasteiger partial charge on any atom is -0.382 e. The Kier molecular flexibility index (Phi) is 31.8. The summed E-state index contributed by atoms with van der Waals surface area (Å²) >= 11 is 0. The van der Waals surface area contributed by atoms with Crippen molar-refractivity contribution in [3.05, 3.63) is 29.3 Å². The molecule has 1 aromatic rings. The van der Waals surface area contributed by atoms with Crippen molar-refractivity contribution in [3.8, 4) is 0 Å². The van der Waals surface area contributed by atoms with Crippen LogP contribution in [0.4, 0.5) is 5.69 Å². The molecule has 3 rings (SSSR count). The smallest absolute Gasteiger partial charge is 0.264 e. The maximum Gasteiger partial charge on any atom is 0.264 e. The lowest BCUT2D eigenvalue weighted by Gasteiger charge is -2.27. The predicted molar refractivity (Wildman–Crippen MR) is 231 cm³/mol. The Hall–Kier alpha value is -3.26. The molecule has 1 atom stereocenters. The second-order valence-corrected chi connectivity index (χ2v) is 14.4. The number of rotatable bonds is 44.